The lowest BCUT2D eigenvalue weighted by Gasteiger charge is -2.13. The van der Waals surface area contributed by atoms with Gasteiger partial charge in [-0.1, -0.05) is 22.9 Å². The van der Waals surface area contributed by atoms with Gasteiger partial charge in [-0.25, -0.2) is 4.79 Å². The Morgan fingerprint density at radius 3 is 2.67 bits per heavy atom. The molecule has 0 aromatic heterocycles. The van der Waals surface area contributed by atoms with Gasteiger partial charge in [-0.15, -0.1) is 0 Å². The van der Waals surface area contributed by atoms with E-state index < -0.39 is 5.97 Å². The van der Waals surface area contributed by atoms with Crippen molar-refractivity contribution in [2.45, 2.75) is 19.8 Å². The maximum atomic E-state index is 11.6. The van der Waals surface area contributed by atoms with Gasteiger partial charge in [0.05, 0.1) is 24.0 Å². The van der Waals surface area contributed by atoms with Crippen LogP contribution in [-0.4, -0.2) is 19.0 Å². The molecule has 0 aliphatic heterocycles. The summed E-state index contributed by atoms with van der Waals surface area (Å²) in [5.74, 6) is -0.730. The monoisotopic (exact) mass is 314 g/mol. The third-order valence-electron chi connectivity index (χ3n) is 2.28. The van der Waals surface area contributed by atoms with E-state index in [4.69, 9.17) is 5.73 Å². The first kappa shape index (κ1) is 14.5. The van der Waals surface area contributed by atoms with Crippen molar-refractivity contribution < 1.29 is 14.3 Å². The van der Waals surface area contributed by atoms with E-state index in [2.05, 4.69) is 26.0 Å². The van der Waals surface area contributed by atoms with E-state index in [1.165, 1.54) is 7.11 Å². The zero-order valence-corrected chi connectivity index (χ0v) is 11.8. The molecular formula is C12H15BrN2O3. The number of halogens is 1. The minimum atomic E-state index is -0.546. The van der Waals surface area contributed by atoms with Crippen LogP contribution in [-0.2, 0) is 9.53 Å². The lowest BCUT2D eigenvalue weighted by Crippen LogP contribution is -2.16. The van der Waals surface area contributed by atoms with Crippen LogP contribution in [0.15, 0.2) is 16.6 Å². The van der Waals surface area contributed by atoms with Crippen molar-refractivity contribution in [3.05, 3.63) is 22.2 Å². The minimum Gasteiger partial charge on any atom is -0.465 e. The largest absolute Gasteiger partial charge is 0.465 e. The fourth-order valence-electron chi connectivity index (χ4n) is 1.47. The number of nitrogens with one attached hydrogen (secondary N) is 1. The number of benzene rings is 1. The average Bonchev–Trinajstić information content (AvgIpc) is 2.31. The summed E-state index contributed by atoms with van der Waals surface area (Å²) in [4.78, 5) is 23.2. The molecule has 0 radical (unpaired) electrons. The van der Waals surface area contributed by atoms with Crippen molar-refractivity contribution in [3.8, 4) is 0 Å². The molecule has 18 heavy (non-hydrogen) atoms. The van der Waals surface area contributed by atoms with Crippen LogP contribution in [0.5, 0.6) is 0 Å². The van der Waals surface area contributed by atoms with Crippen molar-refractivity contribution in [1.82, 2.24) is 0 Å². The van der Waals surface area contributed by atoms with Crippen LogP contribution in [0.4, 0.5) is 11.4 Å². The minimum absolute atomic E-state index is 0.184. The third kappa shape index (κ3) is 3.46. The van der Waals surface area contributed by atoms with Gasteiger partial charge in [-0.3, -0.25) is 4.79 Å². The average molecular weight is 315 g/mol. The molecule has 0 fully saturated rings. The number of nitrogens with two attached hydrogens (primary N) is 1. The Kier molecular flexibility index (Phi) is 5.15. The molecule has 3 N–H and O–H groups in total. The van der Waals surface area contributed by atoms with Crippen molar-refractivity contribution in [3.63, 3.8) is 0 Å². The number of carbonyl (C=O) groups is 2. The summed E-state index contributed by atoms with van der Waals surface area (Å²) in [6.07, 6.45) is 1.09. The highest BCUT2D eigenvalue weighted by Gasteiger charge is 2.17. The first-order chi connectivity index (χ1) is 8.49. The molecule has 0 aliphatic carbocycles. The molecule has 1 aromatic carbocycles. The zero-order chi connectivity index (χ0) is 13.7. The Labute approximate surface area is 114 Å². The number of anilines is 2. The van der Waals surface area contributed by atoms with Crippen LogP contribution in [0, 0.1) is 0 Å². The number of esters is 1. The summed E-state index contributed by atoms with van der Waals surface area (Å²) in [6, 6.07) is 3.18. The molecule has 0 heterocycles. The van der Waals surface area contributed by atoms with E-state index in [9.17, 15) is 9.59 Å². The molecule has 1 aromatic rings. The summed E-state index contributed by atoms with van der Waals surface area (Å²) >= 11 is 3.24. The fraction of sp³-hybridized carbons (Fsp3) is 0.333. The standard InChI is InChI=1S/C12H15BrN2O3/c1-3-4-10(16)15-11-8(12(17)18-2)5-7(13)6-9(11)14/h5-6H,3-4,14H2,1-2H3,(H,15,16). The summed E-state index contributed by atoms with van der Waals surface area (Å²) in [5, 5.41) is 2.64. The van der Waals surface area contributed by atoms with E-state index in [0.717, 1.165) is 6.42 Å². The normalized spacial score (nSPS) is 9.94. The number of rotatable bonds is 4. The van der Waals surface area contributed by atoms with Crippen molar-refractivity contribution in [2.24, 2.45) is 0 Å². The highest BCUT2D eigenvalue weighted by molar-refractivity contribution is 9.10. The molecule has 0 atom stereocenters. The number of amides is 1. The summed E-state index contributed by atoms with van der Waals surface area (Å²) in [7, 11) is 1.27. The summed E-state index contributed by atoms with van der Waals surface area (Å²) in [6.45, 7) is 1.89. The Balaban J connectivity index is 3.15. The second-order valence-corrected chi connectivity index (χ2v) is 4.62. The lowest BCUT2D eigenvalue weighted by molar-refractivity contribution is -0.116. The van der Waals surface area contributed by atoms with Gasteiger partial charge in [0.1, 0.15) is 0 Å². The van der Waals surface area contributed by atoms with Gasteiger partial charge in [0, 0.05) is 10.9 Å². The van der Waals surface area contributed by atoms with E-state index in [1.54, 1.807) is 12.1 Å². The van der Waals surface area contributed by atoms with E-state index in [0.29, 0.717) is 22.3 Å². The SMILES string of the molecule is CCCC(=O)Nc1c(N)cc(Br)cc1C(=O)OC. The van der Waals surface area contributed by atoms with Gasteiger partial charge < -0.3 is 15.8 Å². The molecule has 0 saturated carbocycles. The number of nitrogen functional groups attached to an aromatic ring is 1. The summed E-state index contributed by atoms with van der Waals surface area (Å²) in [5.41, 5.74) is 6.65. The maximum absolute atomic E-state index is 11.6. The van der Waals surface area contributed by atoms with Gasteiger partial charge in [0.25, 0.3) is 0 Å². The highest BCUT2D eigenvalue weighted by atomic mass is 79.9. The molecule has 1 amide bonds. The predicted molar refractivity (Wildman–Crippen MR) is 73.4 cm³/mol. The Hall–Kier alpha value is -1.56. The lowest BCUT2D eigenvalue weighted by atomic mass is 10.1. The first-order valence-corrected chi connectivity index (χ1v) is 6.26. The third-order valence-corrected chi connectivity index (χ3v) is 2.74. The van der Waals surface area contributed by atoms with Crippen molar-refractivity contribution >= 4 is 39.2 Å². The van der Waals surface area contributed by atoms with Gasteiger partial charge in [-0.05, 0) is 18.6 Å². The molecule has 6 heteroatoms. The van der Waals surface area contributed by atoms with Crippen molar-refractivity contribution in [1.29, 1.82) is 0 Å². The van der Waals surface area contributed by atoms with Crippen molar-refractivity contribution in [2.75, 3.05) is 18.2 Å². The number of carbonyl (C=O) groups excluding carboxylic acids is 2. The van der Waals surface area contributed by atoms with Gasteiger partial charge in [0.2, 0.25) is 5.91 Å². The molecule has 0 bridgehead atoms. The van der Waals surface area contributed by atoms with Crippen LogP contribution in [0.3, 0.4) is 0 Å². The molecule has 1 rings (SSSR count). The summed E-state index contributed by atoms with van der Waals surface area (Å²) < 4.78 is 5.31. The van der Waals surface area contributed by atoms with Crippen LogP contribution < -0.4 is 11.1 Å². The second-order valence-electron chi connectivity index (χ2n) is 3.71. The molecule has 0 aliphatic rings. The molecule has 5 nitrogen and oxygen atoms in total. The number of hydrogen-bond donors (Lipinski definition) is 2. The van der Waals surface area contributed by atoms with Crippen LogP contribution in [0.1, 0.15) is 30.1 Å². The Morgan fingerprint density at radius 2 is 2.11 bits per heavy atom. The van der Waals surface area contributed by atoms with Crippen LogP contribution >= 0.6 is 15.9 Å². The topological polar surface area (TPSA) is 81.4 Å². The number of hydrogen-bond acceptors (Lipinski definition) is 4. The van der Waals surface area contributed by atoms with Gasteiger partial charge in [0.15, 0.2) is 0 Å². The molecule has 98 valence electrons. The second kappa shape index (κ2) is 6.39. The first-order valence-electron chi connectivity index (χ1n) is 5.46. The van der Waals surface area contributed by atoms with E-state index in [1.807, 2.05) is 6.92 Å². The van der Waals surface area contributed by atoms with Crippen LogP contribution in [0.2, 0.25) is 0 Å². The molecular weight excluding hydrogens is 300 g/mol. The maximum Gasteiger partial charge on any atom is 0.340 e. The Bertz CT molecular complexity index is 475. The van der Waals surface area contributed by atoms with Gasteiger partial charge >= 0.3 is 5.97 Å². The number of ether oxygens (including phenoxy) is 1. The van der Waals surface area contributed by atoms with Crippen LogP contribution in [0.25, 0.3) is 0 Å². The van der Waals surface area contributed by atoms with Gasteiger partial charge in [-0.2, -0.15) is 0 Å². The highest BCUT2D eigenvalue weighted by Crippen LogP contribution is 2.29. The number of methoxy groups -OCH3 is 1. The smallest absolute Gasteiger partial charge is 0.340 e. The molecule has 0 spiro atoms. The predicted octanol–water partition coefficient (Wildman–Crippen LogP) is 2.56. The molecule has 0 unspecified atom stereocenters. The molecule has 0 saturated heterocycles. The zero-order valence-electron chi connectivity index (χ0n) is 10.2. The fourth-order valence-corrected chi connectivity index (χ4v) is 1.94. The quantitative estimate of drug-likeness (QED) is 0.661. The van der Waals surface area contributed by atoms with E-state index in [-0.39, 0.29) is 11.5 Å². The Morgan fingerprint density at radius 1 is 1.44 bits per heavy atom. The van der Waals surface area contributed by atoms with E-state index >= 15 is 0 Å².